The standard InChI is InChI=1S/C8H15NO/c1-7-5-3-4-6-8(7)9-10-2/h7H,3-6H2,1-2H3/b9-8+/t7-/m1/s1. The Morgan fingerprint density at radius 1 is 1.50 bits per heavy atom. The van der Waals surface area contributed by atoms with Crippen LogP contribution in [0.1, 0.15) is 32.6 Å². The molecule has 1 atom stereocenters. The van der Waals surface area contributed by atoms with Gasteiger partial charge in [-0.3, -0.25) is 0 Å². The highest BCUT2D eigenvalue weighted by Crippen LogP contribution is 2.20. The normalized spacial score (nSPS) is 30.6. The number of hydrogen-bond donors (Lipinski definition) is 0. The van der Waals surface area contributed by atoms with Crippen molar-refractivity contribution in [3.63, 3.8) is 0 Å². The monoisotopic (exact) mass is 141 g/mol. The molecule has 0 aliphatic heterocycles. The minimum Gasteiger partial charge on any atom is -0.399 e. The van der Waals surface area contributed by atoms with E-state index in [-0.39, 0.29) is 0 Å². The summed E-state index contributed by atoms with van der Waals surface area (Å²) in [5.74, 6) is 0.647. The maximum absolute atomic E-state index is 4.74. The van der Waals surface area contributed by atoms with Crippen molar-refractivity contribution in [2.24, 2.45) is 11.1 Å². The Labute approximate surface area is 62.3 Å². The van der Waals surface area contributed by atoms with Crippen molar-refractivity contribution in [1.82, 2.24) is 0 Å². The van der Waals surface area contributed by atoms with Crippen molar-refractivity contribution in [2.75, 3.05) is 7.11 Å². The van der Waals surface area contributed by atoms with E-state index in [0.717, 1.165) is 6.42 Å². The van der Waals surface area contributed by atoms with E-state index in [2.05, 4.69) is 12.1 Å². The van der Waals surface area contributed by atoms with E-state index in [1.54, 1.807) is 7.11 Å². The summed E-state index contributed by atoms with van der Waals surface area (Å²) in [4.78, 5) is 4.74. The second-order valence-corrected chi connectivity index (χ2v) is 2.91. The Morgan fingerprint density at radius 3 is 2.90 bits per heavy atom. The average Bonchev–Trinajstić information content (AvgIpc) is 1.94. The van der Waals surface area contributed by atoms with Crippen molar-refractivity contribution in [1.29, 1.82) is 0 Å². The van der Waals surface area contributed by atoms with E-state index in [4.69, 9.17) is 4.84 Å². The molecule has 58 valence electrons. The van der Waals surface area contributed by atoms with Gasteiger partial charge in [0.1, 0.15) is 7.11 Å². The molecule has 1 saturated carbocycles. The van der Waals surface area contributed by atoms with Crippen LogP contribution < -0.4 is 0 Å². The van der Waals surface area contributed by atoms with Gasteiger partial charge >= 0.3 is 0 Å². The van der Waals surface area contributed by atoms with Crippen LogP contribution in [-0.2, 0) is 4.84 Å². The summed E-state index contributed by atoms with van der Waals surface area (Å²) in [6, 6.07) is 0. The summed E-state index contributed by atoms with van der Waals surface area (Å²) in [5.41, 5.74) is 1.24. The van der Waals surface area contributed by atoms with Gasteiger partial charge in [-0.25, -0.2) is 0 Å². The van der Waals surface area contributed by atoms with Crippen LogP contribution in [0.2, 0.25) is 0 Å². The van der Waals surface area contributed by atoms with Crippen LogP contribution in [0.25, 0.3) is 0 Å². The van der Waals surface area contributed by atoms with E-state index < -0.39 is 0 Å². The van der Waals surface area contributed by atoms with Gasteiger partial charge in [-0.05, 0) is 25.2 Å². The molecule has 10 heavy (non-hydrogen) atoms. The molecule has 0 N–H and O–H groups in total. The number of oxime groups is 1. The molecule has 0 saturated heterocycles. The number of hydrogen-bond acceptors (Lipinski definition) is 2. The van der Waals surface area contributed by atoms with Crippen molar-refractivity contribution in [3.05, 3.63) is 0 Å². The zero-order chi connectivity index (χ0) is 7.40. The van der Waals surface area contributed by atoms with Crippen LogP contribution in [0, 0.1) is 5.92 Å². The van der Waals surface area contributed by atoms with E-state index in [9.17, 15) is 0 Å². The van der Waals surface area contributed by atoms with Crippen molar-refractivity contribution in [2.45, 2.75) is 32.6 Å². The van der Waals surface area contributed by atoms with Gasteiger partial charge in [0.2, 0.25) is 0 Å². The van der Waals surface area contributed by atoms with Crippen LogP contribution in [0.4, 0.5) is 0 Å². The molecular weight excluding hydrogens is 126 g/mol. The summed E-state index contributed by atoms with van der Waals surface area (Å²) in [6.45, 7) is 2.22. The first-order valence-corrected chi connectivity index (χ1v) is 3.94. The maximum Gasteiger partial charge on any atom is 0.106 e. The molecule has 2 nitrogen and oxygen atoms in total. The molecule has 0 bridgehead atoms. The first-order chi connectivity index (χ1) is 4.84. The second-order valence-electron chi connectivity index (χ2n) is 2.91. The van der Waals surface area contributed by atoms with Crippen LogP contribution in [-0.4, -0.2) is 12.8 Å². The van der Waals surface area contributed by atoms with E-state index in [1.165, 1.54) is 25.0 Å². The molecule has 0 aromatic carbocycles. The predicted octanol–water partition coefficient (Wildman–Crippen LogP) is 2.20. The summed E-state index contributed by atoms with van der Waals surface area (Å²) in [6.07, 6.45) is 5.05. The summed E-state index contributed by atoms with van der Waals surface area (Å²) in [5, 5.41) is 3.98. The maximum atomic E-state index is 4.74. The fraction of sp³-hybridized carbons (Fsp3) is 0.875. The summed E-state index contributed by atoms with van der Waals surface area (Å²) in [7, 11) is 1.62. The molecule has 1 rings (SSSR count). The lowest BCUT2D eigenvalue weighted by atomic mass is 9.89. The lowest BCUT2D eigenvalue weighted by molar-refractivity contribution is 0.209. The molecule has 0 aromatic rings. The van der Waals surface area contributed by atoms with Crippen LogP contribution in [0.3, 0.4) is 0 Å². The van der Waals surface area contributed by atoms with Gasteiger partial charge in [0.05, 0.1) is 5.71 Å². The topological polar surface area (TPSA) is 21.6 Å². The predicted molar refractivity (Wildman–Crippen MR) is 42.1 cm³/mol. The molecule has 1 fully saturated rings. The smallest absolute Gasteiger partial charge is 0.106 e. The van der Waals surface area contributed by atoms with Crippen LogP contribution >= 0.6 is 0 Å². The van der Waals surface area contributed by atoms with Crippen molar-refractivity contribution in [3.8, 4) is 0 Å². The van der Waals surface area contributed by atoms with Gasteiger partial charge in [0, 0.05) is 0 Å². The molecule has 1 aliphatic rings. The average molecular weight is 141 g/mol. The molecule has 0 radical (unpaired) electrons. The highest BCUT2D eigenvalue weighted by atomic mass is 16.6. The number of nitrogens with zero attached hydrogens (tertiary/aromatic N) is 1. The molecular formula is C8H15NO. The SMILES string of the molecule is CO/N=C1\CCCC[C@H]1C. The number of rotatable bonds is 1. The Hall–Kier alpha value is -0.530. The minimum absolute atomic E-state index is 0.647. The highest BCUT2D eigenvalue weighted by molar-refractivity contribution is 5.86. The van der Waals surface area contributed by atoms with E-state index in [1.807, 2.05) is 0 Å². The van der Waals surface area contributed by atoms with Gasteiger partial charge in [0.25, 0.3) is 0 Å². The van der Waals surface area contributed by atoms with Crippen LogP contribution in [0.5, 0.6) is 0 Å². The molecule has 0 spiro atoms. The summed E-state index contributed by atoms with van der Waals surface area (Å²) < 4.78 is 0. The van der Waals surface area contributed by atoms with Crippen LogP contribution in [0.15, 0.2) is 5.16 Å². The molecule has 0 unspecified atom stereocenters. The highest BCUT2D eigenvalue weighted by Gasteiger charge is 2.15. The van der Waals surface area contributed by atoms with Crippen molar-refractivity contribution >= 4 is 5.71 Å². The van der Waals surface area contributed by atoms with E-state index in [0.29, 0.717) is 5.92 Å². The van der Waals surface area contributed by atoms with Gasteiger partial charge in [-0.2, -0.15) is 0 Å². The fourth-order valence-corrected chi connectivity index (χ4v) is 1.42. The lowest BCUT2D eigenvalue weighted by Gasteiger charge is -2.18. The first kappa shape index (κ1) is 7.58. The third-order valence-corrected chi connectivity index (χ3v) is 2.10. The first-order valence-electron chi connectivity index (χ1n) is 3.94. The van der Waals surface area contributed by atoms with Crippen molar-refractivity contribution < 1.29 is 4.84 Å². The van der Waals surface area contributed by atoms with Gasteiger partial charge < -0.3 is 4.84 Å². The second kappa shape index (κ2) is 3.59. The minimum atomic E-state index is 0.647. The molecule has 1 aliphatic carbocycles. The molecule has 0 heterocycles. The largest absolute Gasteiger partial charge is 0.399 e. The zero-order valence-electron chi connectivity index (χ0n) is 6.76. The van der Waals surface area contributed by atoms with Gasteiger partial charge in [0.15, 0.2) is 0 Å². The molecule has 0 aromatic heterocycles. The Bertz CT molecular complexity index is 131. The molecule has 0 amide bonds. The Balaban J connectivity index is 2.47. The molecule has 2 heteroatoms. The third-order valence-electron chi connectivity index (χ3n) is 2.10. The Morgan fingerprint density at radius 2 is 2.30 bits per heavy atom. The zero-order valence-corrected chi connectivity index (χ0v) is 6.76. The fourth-order valence-electron chi connectivity index (χ4n) is 1.42. The Kier molecular flexibility index (Phi) is 2.72. The van der Waals surface area contributed by atoms with E-state index >= 15 is 0 Å². The summed E-state index contributed by atoms with van der Waals surface area (Å²) >= 11 is 0. The third kappa shape index (κ3) is 1.72. The van der Waals surface area contributed by atoms with Gasteiger partial charge in [-0.15, -0.1) is 0 Å². The van der Waals surface area contributed by atoms with Gasteiger partial charge in [-0.1, -0.05) is 18.5 Å². The lowest BCUT2D eigenvalue weighted by Crippen LogP contribution is -2.16. The quantitative estimate of drug-likeness (QED) is 0.513.